The highest BCUT2D eigenvalue weighted by atomic mass is 16.5. The van der Waals surface area contributed by atoms with Crippen molar-refractivity contribution < 1.29 is 9.84 Å². The molecule has 2 atom stereocenters. The molecule has 1 aromatic heterocycles. The zero-order valence-electron chi connectivity index (χ0n) is 10.5. The van der Waals surface area contributed by atoms with Crippen molar-refractivity contribution in [2.45, 2.75) is 50.7 Å². The summed E-state index contributed by atoms with van der Waals surface area (Å²) in [7, 11) is 0. The first-order valence-corrected chi connectivity index (χ1v) is 6.67. The van der Waals surface area contributed by atoms with Crippen molar-refractivity contribution in [2.24, 2.45) is 0 Å². The summed E-state index contributed by atoms with van der Waals surface area (Å²) in [5.41, 5.74) is 2.56. The summed E-state index contributed by atoms with van der Waals surface area (Å²) in [5, 5.41) is 10.0. The number of aliphatic hydroxyl groups is 1. The van der Waals surface area contributed by atoms with Crippen LogP contribution in [0.4, 0.5) is 0 Å². The Morgan fingerprint density at radius 3 is 3.12 bits per heavy atom. The fourth-order valence-electron chi connectivity index (χ4n) is 3.28. The van der Waals surface area contributed by atoms with Gasteiger partial charge >= 0.3 is 0 Å². The summed E-state index contributed by atoms with van der Waals surface area (Å²) in [6.07, 6.45) is 7.28. The van der Waals surface area contributed by atoms with Crippen LogP contribution in [0.2, 0.25) is 0 Å². The van der Waals surface area contributed by atoms with E-state index in [1.165, 1.54) is 12.1 Å². The van der Waals surface area contributed by atoms with E-state index in [1.54, 1.807) is 0 Å². The molecule has 1 N–H and O–H groups in total. The lowest BCUT2D eigenvalue weighted by Crippen LogP contribution is -2.39. The van der Waals surface area contributed by atoms with Gasteiger partial charge in [-0.25, -0.2) is 0 Å². The second-order valence-electron chi connectivity index (χ2n) is 5.65. The summed E-state index contributed by atoms with van der Waals surface area (Å²) in [6, 6.07) is 2.10. The molecule has 94 valence electrons. The smallest absolute Gasteiger partial charge is 0.0807 e. The summed E-state index contributed by atoms with van der Waals surface area (Å²) in [4.78, 5) is 0. The van der Waals surface area contributed by atoms with Crippen molar-refractivity contribution in [1.29, 1.82) is 0 Å². The fraction of sp³-hybridized carbons (Fsp3) is 0.714. The Morgan fingerprint density at radius 1 is 1.47 bits per heavy atom. The van der Waals surface area contributed by atoms with Gasteiger partial charge in [-0.2, -0.15) is 0 Å². The van der Waals surface area contributed by atoms with Gasteiger partial charge in [0.25, 0.3) is 0 Å². The van der Waals surface area contributed by atoms with Gasteiger partial charge in [0.1, 0.15) is 0 Å². The molecule has 17 heavy (non-hydrogen) atoms. The first-order chi connectivity index (χ1) is 8.21. The van der Waals surface area contributed by atoms with Crippen LogP contribution in [0.25, 0.3) is 0 Å². The molecular formula is C14H21NO2. The Balaban J connectivity index is 1.98. The summed E-state index contributed by atoms with van der Waals surface area (Å²) >= 11 is 0. The highest BCUT2D eigenvalue weighted by Gasteiger charge is 2.33. The molecule has 3 heteroatoms. The molecule has 0 amide bonds. The lowest BCUT2D eigenvalue weighted by Gasteiger charge is -2.37. The quantitative estimate of drug-likeness (QED) is 0.811. The van der Waals surface area contributed by atoms with Crippen LogP contribution in [0, 0.1) is 0 Å². The molecule has 3 rings (SSSR count). The van der Waals surface area contributed by atoms with E-state index in [1.807, 2.05) is 0 Å². The molecule has 2 aliphatic rings. The van der Waals surface area contributed by atoms with Crippen LogP contribution in [-0.4, -0.2) is 22.9 Å². The van der Waals surface area contributed by atoms with Crippen LogP contribution in [-0.2, 0) is 16.7 Å². The van der Waals surface area contributed by atoms with E-state index in [4.69, 9.17) is 4.74 Å². The third-order valence-electron chi connectivity index (χ3n) is 4.28. The van der Waals surface area contributed by atoms with Crippen LogP contribution in [0.3, 0.4) is 0 Å². The Bertz CT molecular complexity index is 404. The van der Waals surface area contributed by atoms with Crippen LogP contribution in [0.1, 0.15) is 50.0 Å². The molecule has 2 heterocycles. The van der Waals surface area contributed by atoms with Crippen LogP contribution in [0.15, 0.2) is 12.3 Å². The maximum Gasteiger partial charge on any atom is 0.0807 e. The van der Waals surface area contributed by atoms with E-state index in [-0.39, 0.29) is 11.6 Å². The van der Waals surface area contributed by atoms with Gasteiger partial charge in [-0.15, -0.1) is 0 Å². The van der Waals surface area contributed by atoms with Crippen LogP contribution in [0.5, 0.6) is 0 Å². The number of hydrogen-bond donors (Lipinski definition) is 1. The van der Waals surface area contributed by atoms with Gasteiger partial charge in [-0.3, -0.25) is 0 Å². The Hall–Kier alpha value is -0.800. The lowest BCUT2D eigenvalue weighted by molar-refractivity contribution is 0.00784. The molecule has 1 aromatic rings. The number of rotatable bonds is 1. The normalized spacial score (nSPS) is 33.4. The Labute approximate surface area is 102 Å². The van der Waals surface area contributed by atoms with Crippen LogP contribution >= 0.6 is 0 Å². The Morgan fingerprint density at radius 2 is 2.35 bits per heavy atom. The standard InChI is InChI=1S/C14H21NO2/c1-14(7-3-9-17-10-14)15-8-6-11-12(15)4-2-5-13(11)16/h6,8,13,16H,2-5,7,9-10H2,1H3. The number of aromatic nitrogens is 1. The third-order valence-corrected chi connectivity index (χ3v) is 4.28. The number of aliphatic hydroxyl groups excluding tert-OH is 1. The largest absolute Gasteiger partial charge is 0.388 e. The third kappa shape index (κ3) is 1.81. The van der Waals surface area contributed by atoms with Crippen molar-refractivity contribution in [2.75, 3.05) is 13.2 Å². The van der Waals surface area contributed by atoms with E-state index in [9.17, 15) is 5.11 Å². The maximum absolute atomic E-state index is 10.0. The molecule has 0 radical (unpaired) electrons. The van der Waals surface area contributed by atoms with Gasteiger partial charge in [0.2, 0.25) is 0 Å². The highest BCUT2D eigenvalue weighted by molar-refractivity contribution is 5.28. The molecule has 1 saturated heterocycles. The number of fused-ring (bicyclic) bond motifs is 1. The predicted molar refractivity (Wildman–Crippen MR) is 66.0 cm³/mol. The van der Waals surface area contributed by atoms with Crippen molar-refractivity contribution >= 4 is 0 Å². The number of nitrogens with zero attached hydrogens (tertiary/aromatic N) is 1. The molecular weight excluding hydrogens is 214 g/mol. The highest BCUT2D eigenvalue weighted by Crippen LogP contribution is 2.36. The van der Waals surface area contributed by atoms with Gasteiger partial charge in [0, 0.05) is 24.1 Å². The van der Waals surface area contributed by atoms with Gasteiger partial charge in [0.15, 0.2) is 0 Å². The molecule has 3 nitrogen and oxygen atoms in total. The molecule has 0 bridgehead atoms. The zero-order valence-corrected chi connectivity index (χ0v) is 10.5. The second kappa shape index (κ2) is 4.14. The Kier molecular flexibility index (Phi) is 2.75. The summed E-state index contributed by atoms with van der Waals surface area (Å²) in [5.74, 6) is 0. The molecule has 1 fully saturated rings. The SMILES string of the molecule is CC1(n2ccc3c2CCCC3O)CCCOC1. The van der Waals surface area contributed by atoms with Gasteiger partial charge in [-0.05, 0) is 45.1 Å². The topological polar surface area (TPSA) is 34.4 Å². The molecule has 0 spiro atoms. The van der Waals surface area contributed by atoms with Crippen molar-refractivity contribution in [3.8, 4) is 0 Å². The minimum absolute atomic E-state index is 0.0862. The molecule has 1 aliphatic heterocycles. The average Bonchev–Trinajstić information content (AvgIpc) is 2.76. The fourth-order valence-corrected chi connectivity index (χ4v) is 3.28. The van der Waals surface area contributed by atoms with Crippen LogP contribution < -0.4 is 0 Å². The summed E-state index contributed by atoms with van der Waals surface area (Å²) < 4.78 is 8.01. The van der Waals surface area contributed by atoms with E-state index >= 15 is 0 Å². The summed E-state index contributed by atoms with van der Waals surface area (Å²) in [6.45, 7) is 3.96. The van der Waals surface area contributed by atoms with Crippen molar-refractivity contribution in [3.05, 3.63) is 23.5 Å². The maximum atomic E-state index is 10.0. The average molecular weight is 235 g/mol. The number of hydrogen-bond acceptors (Lipinski definition) is 2. The minimum atomic E-state index is -0.256. The molecule has 2 unspecified atom stereocenters. The minimum Gasteiger partial charge on any atom is -0.388 e. The first-order valence-electron chi connectivity index (χ1n) is 6.67. The molecule has 1 aliphatic carbocycles. The molecule has 0 aromatic carbocycles. The van der Waals surface area contributed by atoms with E-state index in [0.717, 1.165) is 44.5 Å². The van der Waals surface area contributed by atoms with E-state index in [0.29, 0.717) is 0 Å². The van der Waals surface area contributed by atoms with E-state index in [2.05, 4.69) is 23.8 Å². The monoisotopic (exact) mass is 235 g/mol. The molecule has 0 saturated carbocycles. The second-order valence-corrected chi connectivity index (χ2v) is 5.65. The van der Waals surface area contributed by atoms with Gasteiger partial charge in [-0.1, -0.05) is 0 Å². The van der Waals surface area contributed by atoms with E-state index < -0.39 is 0 Å². The number of ether oxygens (including phenoxy) is 1. The van der Waals surface area contributed by atoms with Crippen molar-refractivity contribution in [3.63, 3.8) is 0 Å². The lowest BCUT2D eigenvalue weighted by atomic mass is 9.91. The first kappa shape index (κ1) is 11.3. The van der Waals surface area contributed by atoms with Gasteiger partial charge in [0.05, 0.1) is 18.2 Å². The van der Waals surface area contributed by atoms with Gasteiger partial charge < -0.3 is 14.4 Å². The predicted octanol–water partition coefficient (Wildman–Crippen LogP) is 2.38. The van der Waals surface area contributed by atoms with Crippen molar-refractivity contribution in [1.82, 2.24) is 4.57 Å². The zero-order chi connectivity index (χ0) is 11.9.